The second-order valence-corrected chi connectivity index (χ2v) is 11.4. The molecule has 0 bridgehead atoms. The summed E-state index contributed by atoms with van der Waals surface area (Å²) in [6.45, 7) is 13.7. The molecule has 0 aliphatic heterocycles. The van der Waals surface area contributed by atoms with Gasteiger partial charge in [0.2, 0.25) is 0 Å². The number of hydrogen-bond acceptors (Lipinski definition) is 1. The Labute approximate surface area is 203 Å². The molecule has 0 radical (unpaired) electrons. The zero-order valence-electron chi connectivity index (χ0n) is 21.1. The zero-order valence-corrected chi connectivity index (χ0v) is 21.1. The molecule has 0 amide bonds. The van der Waals surface area contributed by atoms with Gasteiger partial charge in [0.05, 0.1) is 11.0 Å². The van der Waals surface area contributed by atoms with Crippen molar-refractivity contribution in [2.24, 2.45) is 0 Å². The Kier molecular flexibility index (Phi) is 5.09. The standard InChI is InChI=1S/C32H34N2/c1-31(2,3)22-18-21(19-23(20-22)32(4,5)6)25-14-10-16-27-29(25)30-26(33)15-11-17-28(30)34(27)24-12-8-7-9-13-24/h7-20H,33H2,1-6H3. The van der Waals surface area contributed by atoms with Crippen LogP contribution in [0.2, 0.25) is 0 Å². The van der Waals surface area contributed by atoms with Crippen LogP contribution < -0.4 is 5.73 Å². The summed E-state index contributed by atoms with van der Waals surface area (Å²) in [6.07, 6.45) is 0. The van der Waals surface area contributed by atoms with Crippen molar-refractivity contribution in [3.63, 3.8) is 0 Å². The van der Waals surface area contributed by atoms with Gasteiger partial charge in [-0.3, -0.25) is 0 Å². The highest BCUT2D eigenvalue weighted by Gasteiger charge is 2.23. The van der Waals surface area contributed by atoms with E-state index < -0.39 is 0 Å². The SMILES string of the molecule is CC(C)(C)c1cc(-c2cccc3c2c2c(N)cccc2n3-c2ccccc2)cc(C(C)(C)C)c1. The van der Waals surface area contributed by atoms with Gasteiger partial charge in [0.1, 0.15) is 0 Å². The van der Waals surface area contributed by atoms with Crippen molar-refractivity contribution in [1.29, 1.82) is 0 Å². The number of rotatable bonds is 2. The van der Waals surface area contributed by atoms with Gasteiger partial charge in [-0.1, -0.05) is 96.1 Å². The van der Waals surface area contributed by atoms with Gasteiger partial charge in [-0.05, 0) is 63.4 Å². The molecule has 0 saturated heterocycles. The van der Waals surface area contributed by atoms with E-state index >= 15 is 0 Å². The summed E-state index contributed by atoms with van der Waals surface area (Å²) in [5.41, 5.74) is 16.2. The minimum atomic E-state index is 0.0565. The van der Waals surface area contributed by atoms with Crippen LogP contribution in [0.15, 0.2) is 84.9 Å². The molecule has 2 heteroatoms. The summed E-state index contributed by atoms with van der Waals surface area (Å²) in [7, 11) is 0. The number of nitrogens with two attached hydrogens (primary N) is 1. The number of benzene rings is 4. The molecule has 0 saturated carbocycles. The number of hydrogen-bond donors (Lipinski definition) is 1. The third-order valence-electron chi connectivity index (χ3n) is 6.84. The van der Waals surface area contributed by atoms with Crippen LogP contribution >= 0.6 is 0 Å². The minimum absolute atomic E-state index is 0.0565. The largest absolute Gasteiger partial charge is 0.398 e. The van der Waals surface area contributed by atoms with Crippen molar-refractivity contribution in [3.05, 3.63) is 96.1 Å². The molecule has 2 N–H and O–H groups in total. The van der Waals surface area contributed by atoms with Crippen LogP contribution in [-0.2, 0) is 10.8 Å². The minimum Gasteiger partial charge on any atom is -0.398 e. The number of aromatic nitrogens is 1. The van der Waals surface area contributed by atoms with E-state index in [2.05, 4.69) is 119 Å². The summed E-state index contributed by atoms with van der Waals surface area (Å²) in [5, 5.41) is 2.33. The van der Waals surface area contributed by atoms with E-state index in [0.717, 1.165) is 22.3 Å². The van der Waals surface area contributed by atoms with Gasteiger partial charge in [0.25, 0.3) is 0 Å². The van der Waals surface area contributed by atoms with E-state index in [1.165, 1.54) is 33.2 Å². The van der Waals surface area contributed by atoms with Crippen molar-refractivity contribution in [3.8, 4) is 16.8 Å². The number of nitrogen functional groups attached to an aromatic ring is 1. The lowest BCUT2D eigenvalue weighted by Crippen LogP contribution is -2.16. The van der Waals surface area contributed by atoms with Gasteiger partial charge in [0.15, 0.2) is 0 Å². The average Bonchev–Trinajstić information content (AvgIpc) is 3.14. The summed E-state index contributed by atoms with van der Waals surface area (Å²) in [5.74, 6) is 0. The second-order valence-electron chi connectivity index (χ2n) is 11.4. The third kappa shape index (κ3) is 3.68. The first-order chi connectivity index (χ1) is 16.1. The molecule has 1 heterocycles. The van der Waals surface area contributed by atoms with Crippen molar-refractivity contribution in [2.45, 2.75) is 52.4 Å². The predicted molar refractivity (Wildman–Crippen MR) is 148 cm³/mol. The first kappa shape index (κ1) is 22.3. The predicted octanol–water partition coefficient (Wildman–Crippen LogP) is 8.63. The fourth-order valence-electron chi connectivity index (χ4n) is 4.88. The lowest BCUT2D eigenvalue weighted by Gasteiger charge is -2.26. The molecule has 172 valence electrons. The Hall–Kier alpha value is -3.52. The summed E-state index contributed by atoms with van der Waals surface area (Å²) < 4.78 is 2.34. The Bertz CT molecular complexity index is 1470. The topological polar surface area (TPSA) is 30.9 Å². The normalized spacial score (nSPS) is 12.5. The molecule has 2 nitrogen and oxygen atoms in total. The number of fused-ring (bicyclic) bond motifs is 3. The smallest absolute Gasteiger partial charge is 0.0562 e. The Balaban J connectivity index is 1.92. The molecular formula is C32H34N2. The first-order valence-corrected chi connectivity index (χ1v) is 12.1. The van der Waals surface area contributed by atoms with Crippen molar-refractivity contribution < 1.29 is 0 Å². The number of nitrogens with zero attached hydrogens (tertiary/aromatic N) is 1. The second kappa shape index (κ2) is 7.77. The Morgan fingerprint density at radius 3 is 1.74 bits per heavy atom. The average molecular weight is 447 g/mol. The van der Waals surface area contributed by atoms with Crippen LogP contribution in [0.1, 0.15) is 52.7 Å². The van der Waals surface area contributed by atoms with Crippen molar-refractivity contribution in [1.82, 2.24) is 4.57 Å². The van der Waals surface area contributed by atoms with Crippen LogP contribution in [-0.4, -0.2) is 4.57 Å². The van der Waals surface area contributed by atoms with Crippen LogP contribution in [0.4, 0.5) is 5.69 Å². The van der Waals surface area contributed by atoms with Crippen LogP contribution in [0, 0.1) is 0 Å². The quantitative estimate of drug-likeness (QED) is 0.270. The molecule has 5 rings (SSSR count). The third-order valence-corrected chi connectivity index (χ3v) is 6.84. The van der Waals surface area contributed by atoms with Crippen molar-refractivity contribution >= 4 is 27.5 Å². The molecule has 0 spiro atoms. The maximum atomic E-state index is 6.65. The molecule has 4 aromatic carbocycles. The lowest BCUT2D eigenvalue weighted by atomic mass is 9.78. The van der Waals surface area contributed by atoms with E-state index in [4.69, 9.17) is 5.73 Å². The van der Waals surface area contributed by atoms with Gasteiger partial charge in [-0.2, -0.15) is 0 Å². The highest BCUT2D eigenvalue weighted by Crippen LogP contribution is 2.42. The number of anilines is 1. The number of para-hydroxylation sites is 1. The fraction of sp³-hybridized carbons (Fsp3) is 0.250. The summed E-state index contributed by atoms with van der Waals surface area (Å²) in [4.78, 5) is 0. The Morgan fingerprint density at radius 2 is 1.15 bits per heavy atom. The van der Waals surface area contributed by atoms with Crippen LogP contribution in [0.25, 0.3) is 38.6 Å². The van der Waals surface area contributed by atoms with E-state index in [0.29, 0.717) is 0 Å². The maximum Gasteiger partial charge on any atom is 0.0562 e. The molecular weight excluding hydrogens is 412 g/mol. The molecule has 5 aromatic rings. The molecule has 0 fully saturated rings. The highest BCUT2D eigenvalue weighted by molar-refractivity contribution is 6.19. The highest BCUT2D eigenvalue weighted by atomic mass is 15.0. The fourth-order valence-corrected chi connectivity index (χ4v) is 4.88. The van der Waals surface area contributed by atoms with Gasteiger partial charge in [-0.15, -0.1) is 0 Å². The van der Waals surface area contributed by atoms with E-state index in [9.17, 15) is 0 Å². The maximum absolute atomic E-state index is 6.65. The van der Waals surface area contributed by atoms with Gasteiger partial charge < -0.3 is 10.3 Å². The first-order valence-electron chi connectivity index (χ1n) is 12.1. The van der Waals surface area contributed by atoms with Crippen LogP contribution in [0.3, 0.4) is 0 Å². The summed E-state index contributed by atoms with van der Waals surface area (Å²) in [6, 6.07) is 30.5. The van der Waals surface area contributed by atoms with E-state index in [-0.39, 0.29) is 10.8 Å². The molecule has 0 atom stereocenters. The monoisotopic (exact) mass is 446 g/mol. The zero-order chi connectivity index (χ0) is 24.3. The van der Waals surface area contributed by atoms with E-state index in [1.54, 1.807) is 0 Å². The lowest BCUT2D eigenvalue weighted by molar-refractivity contribution is 0.569. The van der Waals surface area contributed by atoms with Crippen molar-refractivity contribution in [2.75, 3.05) is 5.73 Å². The van der Waals surface area contributed by atoms with Gasteiger partial charge >= 0.3 is 0 Å². The summed E-state index contributed by atoms with van der Waals surface area (Å²) >= 11 is 0. The molecule has 34 heavy (non-hydrogen) atoms. The molecule has 0 unspecified atom stereocenters. The Morgan fingerprint density at radius 1 is 0.588 bits per heavy atom. The van der Waals surface area contributed by atoms with Gasteiger partial charge in [-0.25, -0.2) is 0 Å². The van der Waals surface area contributed by atoms with Gasteiger partial charge in [0, 0.05) is 22.1 Å². The van der Waals surface area contributed by atoms with Crippen LogP contribution in [0.5, 0.6) is 0 Å². The molecule has 0 aliphatic carbocycles. The molecule has 0 aliphatic rings. The molecule has 1 aromatic heterocycles. The van der Waals surface area contributed by atoms with E-state index in [1.807, 2.05) is 12.1 Å².